The molecular formula is C23H37IN4O. The molecule has 1 aliphatic heterocycles. The average molecular weight is 512 g/mol. The summed E-state index contributed by atoms with van der Waals surface area (Å²) in [5, 5.41) is 7.02. The molecule has 6 heteroatoms. The highest BCUT2D eigenvalue weighted by Crippen LogP contribution is 2.30. The zero-order valence-electron chi connectivity index (χ0n) is 18.0. The highest BCUT2D eigenvalue weighted by atomic mass is 127. The molecule has 5 nitrogen and oxygen atoms in total. The summed E-state index contributed by atoms with van der Waals surface area (Å²) in [6, 6.07) is 8.75. The van der Waals surface area contributed by atoms with E-state index in [0.29, 0.717) is 12.6 Å². The van der Waals surface area contributed by atoms with Gasteiger partial charge in [0.1, 0.15) is 5.75 Å². The molecule has 1 aliphatic carbocycles. The van der Waals surface area contributed by atoms with Gasteiger partial charge in [0.05, 0.1) is 13.2 Å². The predicted octanol–water partition coefficient (Wildman–Crippen LogP) is 4.19. The Morgan fingerprint density at radius 1 is 1.21 bits per heavy atom. The Hall–Kier alpha value is -1.28. The Labute approximate surface area is 193 Å². The first-order valence-corrected chi connectivity index (χ1v) is 10.8. The third-order valence-corrected chi connectivity index (χ3v) is 5.32. The second-order valence-corrected chi connectivity index (χ2v) is 8.21. The Kier molecular flexibility index (Phi) is 10.3. The maximum absolute atomic E-state index is 6.02. The van der Waals surface area contributed by atoms with Gasteiger partial charge < -0.3 is 15.4 Å². The van der Waals surface area contributed by atoms with Gasteiger partial charge in [0, 0.05) is 37.8 Å². The fraction of sp³-hybridized carbons (Fsp3) is 0.609. The van der Waals surface area contributed by atoms with Gasteiger partial charge in [0.25, 0.3) is 0 Å². The molecule has 2 fully saturated rings. The summed E-state index contributed by atoms with van der Waals surface area (Å²) in [5.41, 5.74) is 2.39. The van der Waals surface area contributed by atoms with Crippen molar-refractivity contribution in [3.8, 4) is 5.75 Å². The molecule has 0 aromatic heterocycles. The number of guanidine groups is 1. The first-order valence-electron chi connectivity index (χ1n) is 10.8. The number of para-hydroxylation sites is 1. The summed E-state index contributed by atoms with van der Waals surface area (Å²) in [5.74, 6) is 2.63. The van der Waals surface area contributed by atoms with E-state index in [9.17, 15) is 0 Å². The molecule has 2 N–H and O–H groups in total. The van der Waals surface area contributed by atoms with Crippen LogP contribution in [0.2, 0.25) is 0 Å². The molecule has 1 saturated carbocycles. The van der Waals surface area contributed by atoms with E-state index in [0.717, 1.165) is 68.8 Å². The second kappa shape index (κ2) is 12.4. The molecule has 2 aliphatic rings. The van der Waals surface area contributed by atoms with Gasteiger partial charge in [-0.05, 0) is 51.5 Å². The van der Waals surface area contributed by atoms with E-state index >= 15 is 0 Å². The lowest BCUT2D eigenvalue weighted by molar-refractivity contribution is 0.221. The largest absolute Gasteiger partial charge is 0.493 e. The SMILES string of the molecule is C=C(C)CN1CCC(NC(=NCc2ccccc2OCC2CC2)NCC)CC1.I. The summed E-state index contributed by atoms with van der Waals surface area (Å²) < 4.78 is 6.02. The molecular weight excluding hydrogens is 475 g/mol. The maximum atomic E-state index is 6.02. The van der Waals surface area contributed by atoms with Crippen LogP contribution < -0.4 is 15.4 Å². The molecule has 3 rings (SSSR count). The zero-order chi connectivity index (χ0) is 19.8. The van der Waals surface area contributed by atoms with Gasteiger partial charge in [-0.2, -0.15) is 0 Å². The number of benzene rings is 1. The van der Waals surface area contributed by atoms with E-state index in [1.54, 1.807) is 0 Å². The topological polar surface area (TPSA) is 48.9 Å². The number of rotatable bonds is 9. The normalized spacial score (nSPS) is 18.1. The maximum Gasteiger partial charge on any atom is 0.191 e. The summed E-state index contributed by atoms with van der Waals surface area (Å²) in [6.45, 7) is 13.8. The van der Waals surface area contributed by atoms with Crippen LogP contribution in [0.1, 0.15) is 45.1 Å². The molecule has 0 atom stereocenters. The standard InChI is InChI=1S/C23H36N4O.HI/c1-4-24-23(26-21-11-13-27(14-12-21)16-18(2)3)25-15-20-7-5-6-8-22(20)28-17-19-9-10-19;/h5-8,19,21H,2,4,9-17H2,1,3H3,(H2,24,25,26);1H. The highest BCUT2D eigenvalue weighted by molar-refractivity contribution is 14.0. The van der Waals surface area contributed by atoms with Crippen LogP contribution in [-0.4, -0.2) is 49.7 Å². The van der Waals surface area contributed by atoms with Crippen molar-refractivity contribution < 1.29 is 4.74 Å². The fourth-order valence-corrected chi connectivity index (χ4v) is 3.56. The Bertz CT molecular complexity index is 667. The van der Waals surface area contributed by atoms with Crippen molar-refractivity contribution in [1.29, 1.82) is 0 Å². The van der Waals surface area contributed by atoms with Gasteiger partial charge in [0.15, 0.2) is 5.96 Å². The van der Waals surface area contributed by atoms with E-state index < -0.39 is 0 Å². The van der Waals surface area contributed by atoms with Crippen LogP contribution in [-0.2, 0) is 6.54 Å². The lowest BCUT2D eigenvalue weighted by Gasteiger charge is -2.33. The van der Waals surface area contributed by atoms with Crippen molar-refractivity contribution in [2.75, 3.05) is 32.8 Å². The highest BCUT2D eigenvalue weighted by Gasteiger charge is 2.22. The Morgan fingerprint density at radius 2 is 1.93 bits per heavy atom. The average Bonchev–Trinajstić information content (AvgIpc) is 3.51. The van der Waals surface area contributed by atoms with Crippen LogP contribution in [0.4, 0.5) is 0 Å². The van der Waals surface area contributed by atoms with E-state index in [-0.39, 0.29) is 24.0 Å². The number of nitrogens with one attached hydrogen (secondary N) is 2. The number of piperidine rings is 1. The van der Waals surface area contributed by atoms with E-state index in [2.05, 4.69) is 54.2 Å². The number of likely N-dealkylation sites (tertiary alicyclic amines) is 1. The fourth-order valence-electron chi connectivity index (χ4n) is 3.56. The molecule has 1 saturated heterocycles. The molecule has 1 heterocycles. The van der Waals surface area contributed by atoms with Gasteiger partial charge in [-0.1, -0.05) is 30.4 Å². The van der Waals surface area contributed by atoms with Crippen LogP contribution in [0, 0.1) is 5.92 Å². The quantitative estimate of drug-likeness (QED) is 0.226. The third kappa shape index (κ3) is 8.54. The van der Waals surface area contributed by atoms with Gasteiger partial charge in [-0.3, -0.25) is 4.90 Å². The Morgan fingerprint density at radius 3 is 2.59 bits per heavy atom. The van der Waals surface area contributed by atoms with Crippen molar-refractivity contribution in [3.63, 3.8) is 0 Å². The lowest BCUT2D eigenvalue weighted by atomic mass is 10.0. The van der Waals surface area contributed by atoms with Crippen molar-refractivity contribution in [3.05, 3.63) is 42.0 Å². The smallest absolute Gasteiger partial charge is 0.191 e. The van der Waals surface area contributed by atoms with Crippen LogP contribution in [0.25, 0.3) is 0 Å². The first kappa shape index (κ1) is 24.0. The van der Waals surface area contributed by atoms with E-state index in [1.807, 2.05) is 6.07 Å². The monoisotopic (exact) mass is 512 g/mol. The van der Waals surface area contributed by atoms with Crippen molar-refractivity contribution in [2.45, 2.75) is 52.1 Å². The molecule has 1 aromatic carbocycles. The molecule has 162 valence electrons. The molecule has 0 amide bonds. The van der Waals surface area contributed by atoms with E-state index in [4.69, 9.17) is 9.73 Å². The minimum atomic E-state index is 0. The number of nitrogens with zero attached hydrogens (tertiary/aromatic N) is 2. The number of hydrogen-bond donors (Lipinski definition) is 2. The minimum absolute atomic E-state index is 0. The molecule has 0 bridgehead atoms. The van der Waals surface area contributed by atoms with Crippen LogP contribution in [0.5, 0.6) is 5.75 Å². The Balaban J connectivity index is 0.00000300. The van der Waals surface area contributed by atoms with Gasteiger partial charge in [0.2, 0.25) is 0 Å². The number of hydrogen-bond acceptors (Lipinski definition) is 3. The van der Waals surface area contributed by atoms with Crippen molar-refractivity contribution in [2.24, 2.45) is 10.9 Å². The van der Waals surface area contributed by atoms with Crippen molar-refractivity contribution in [1.82, 2.24) is 15.5 Å². The van der Waals surface area contributed by atoms with E-state index in [1.165, 1.54) is 18.4 Å². The molecule has 1 aromatic rings. The predicted molar refractivity (Wildman–Crippen MR) is 132 cm³/mol. The number of halogens is 1. The molecule has 0 unspecified atom stereocenters. The van der Waals surface area contributed by atoms with Gasteiger partial charge >= 0.3 is 0 Å². The van der Waals surface area contributed by atoms with Gasteiger partial charge in [-0.25, -0.2) is 4.99 Å². The lowest BCUT2D eigenvalue weighted by Crippen LogP contribution is -2.48. The second-order valence-electron chi connectivity index (χ2n) is 8.21. The number of ether oxygens (including phenoxy) is 1. The molecule has 29 heavy (non-hydrogen) atoms. The first-order chi connectivity index (χ1) is 13.6. The van der Waals surface area contributed by atoms with Gasteiger partial charge in [-0.15, -0.1) is 24.0 Å². The van der Waals surface area contributed by atoms with Crippen LogP contribution in [0.3, 0.4) is 0 Å². The minimum Gasteiger partial charge on any atom is -0.493 e. The van der Waals surface area contributed by atoms with Crippen molar-refractivity contribution >= 4 is 29.9 Å². The van der Waals surface area contributed by atoms with Crippen LogP contribution in [0.15, 0.2) is 41.4 Å². The summed E-state index contributed by atoms with van der Waals surface area (Å²) in [4.78, 5) is 7.32. The zero-order valence-corrected chi connectivity index (χ0v) is 20.3. The third-order valence-electron chi connectivity index (χ3n) is 5.32. The van der Waals surface area contributed by atoms with Crippen LogP contribution >= 0.6 is 24.0 Å². The summed E-state index contributed by atoms with van der Waals surface area (Å²) in [6.07, 6.45) is 4.89. The number of aliphatic imine (C=N–C) groups is 1. The summed E-state index contributed by atoms with van der Waals surface area (Å²) >= 11 is 0. The molecule has 0 radical (unpaired) electrons. The molecule has 0 spiro atoms. The summed E-state index contributed by atoms with van der Waals surface area (Å²) in [7, 11) is 0.